The minimum absolute atomic E-state index is 0.134. The van der Waals surface area contributed by atoms with Gasteiger partial charge in [0.1, 0.15) is 5.75 Å². The van der Waals surface area contributed by atoms with E-state index >= 15 is 0 Å². The Morgan fingerprint density at radius 1 is 1.21 bits per heavy atom. The topological polar surface area (TPSA) is 42.1 Å². The minimum atomic E-state index is 0.134. The SMILES string of the molecule is CCCOc1ccc2[nH]c(C)c(CCC)c(=O)c2c1. The maximum atomic E-state index is 12.5. The molecule has 0 radical (unpaired) electrons. The average molecular weight is 259 g/mol. The van der Waals surface area contributed by atoms with Gasteiger partial charge >= 0.3 is 0 Å². The van der Waals surface area contributed by atoms with Crippen LogP contribution in [0.5, 0.6) is 5.75 Å². The van der Waals surface area contributed by atoms with Gasteiger partial charge in [-0.3, -0.25) is 4.79 Å². The molecule has 1 N–H and O–H groups in total. The number of hydrogen-bond donors (Lipinski definition) is 1. The van der Waals surface area contributed by atoms with Gasteiger partial charge in [-0.15, -0.1) is 0 Å². The fourth-order valence-corrected chi connectivity index (χ4v) is 2.29. The number of benzene rings is 1. The smallest absolute Gasteiger partial charge is 0.192 e. The molecule has 0 aliphatic carbocycles. The Morgan fingerprint density at radius 2 is 2.00 bits per heavy atom. The van der Waals surface area contributed by atoms with E-state index in [2.05, 4.69) is 18.8 Å². The monoisotopic (exact) mass is 259 g/mol. The molecule has 102 valence electrons. The summed E-state index contributed by atoms with van der Waals surface area (Å²) < 4.78 is 5.60. The molecular formula is C16H21NO2. The Labute approximate surface area is 113 Å². The first-order valence-corrected chi connectivity index (χ1v) is 6.95. The summed E-state index contributed by atoms with van der Waals surface area (Å²) in [5.41, 5.74) is 2.88. The molecule has 0 amide bonds. The second-order valence-electron chi connectivity index (χ2n) is 4.86. The van der Waals surface area contributed by atoms with Gasteiger partial charge in [0.15, 0.2) is 5.43 Å². The standard InChI is InChI=1S/C16H21NO2/c1-4-6-13-11(3)17-15-8-7-12(19-9-5-2)10-14(15)16(13)18/h7-8,10H,4-6,9H2,1-3H3,(H,17,18). The molecule has 0 aliphatic rings. The third-order valence-corrected chi connectivity index (χ3v) is 3.26. The van der Waals surface area contributed by atoms with Crippen LogP contribution in [0.15, 0.2) is 23.0 Å². The van der Waals surface area contributed by atoms with Gasteiger partial charge in [0, 0.05) is 22.2 Å². The van der Waals surface area contributed by atoms with Gasteiger partial charge in [-0.2, -0.15) is 0 Å². The lowest BCUT2D eigenvalue weighted by Crippen LogP contribution is -2.13. The highest BCUT2D eigenvalue weighted by Gasteiger charge is 2.09. The van der Waals surface area contributed by atoms with Crippen LogP contribution in [0.4, 0.5) is 0 Å². The predicted molar refractivity (Wildman–Crippen MR) is 79.1 cm³/mol. The van der Waals surface area contributed by atoms with Crippen LogP contribution in [0.1, 0.15) is 37.9 Å². The summed E-state index contributed by atoms with van der Waals surface area (Å²) in [5, 5.41) is 0.725. The summed E-state index contributed by atoms with van der Waals surface area (Å²) >= 11 is 0. The quantitative estimate of drug-likeness (QED) is 0.891. The first-order chi connectivity index (χ1) is 9.17. The van der Waals surface area contributed by atoms with E-state index in [1.807, 2.05) is 25.1 Å². The van der Waals surface area contributed by atoms with E-state index in [0.29, 0.717) is 6.61 Å². The summed E-state index contributed by atoms with van der Waals surface area (Å²) in [7, 11) is 0. The van der Waals surface area contributed by atoms with E-state index in [4.69, 9.17) is 4.74 Å². The number of H-pyrrole nitrogens is 1. The summed E-state index contributed by atoms with van der Waals surface area (Å²) in [6.07, 6.45) is 2.75. The van der Waals surface area contributed by atoms with Crippen molar-refractivity contribution < 1.29 is 4.74 Å². The molecule has 3 heteroatoms. The molecule has 0 spiro atoms. The van der Waals surface area contributed by atoms with E-state index < -0.39 is 0 Å². The van der Waals surface area contributed by atoms with Crippen LogP contribution in [-0.2, 0) is 6.42 Å². The van der Waals surface area contributed by atoms with Gasteiger partial charge < -0.3 is 9.72 Å². The van der Waals surface area contributed by atoms with Crippen molar-refractivity contribution in [3.8, 4) is 5.75 Å². The van der Waals surface area contributed by atoms with Crippen molar-refractivity contribution >= 4 is 10.9 Å². The molecule has 19 heavy (non-hydrogen) atoms. The largest absolute Gasteiger partial charge is 0.494 e. The van der Waals surface area contributed by atoms with Crippen LogP contribution in [0, 0.1) is 6.92 Å². The fraction of sp³-hybridized carbons (Fsp3) is 0.438. The Kier molecular flexibility index (Phi) is 4.25. The molecule has 0 saturated heterocycles. The maximum Gasteiger partial charge on any atom is 0.192 e. The molecule has 0 atom stereocenters. The number of aromatic amines is 1. The van der Waals surface area contributed by atoms with Gasteiger partial charge in [-0.25, -0.2) is 0 Å². The molecule has 0 unspecified atom stereocenters. The minimum Gasteiger partial charge on any atom is -0.494 e. The molecule has 0 aliphatic heterocycles. The summed E-state index contributed by atoms with van der Waals surface area (Å²) in [6, 6.07) is 5.68. The fourth-order valence-electron chi connectivity index (χ4n) is 2.29. The van der Waals surface area contributed by atoms with Crippen molar-refractivity contribution in [2.45, 2.75) is 40.0 Å². The molecule has 2 rings (SSSR count). The number of aromatic nitrogens is 1. The molecule has 1 heterocycles. The second-order valence-corrected chi connectivity index (χ2v) is 4.86. The lowest BCUT2D eigenvalue weighted by Gasteiger charge is -2.09. The first kappa shape index (κ1) is 13.7. The van der Waals surface area contributed by atoms with E-state index in [-0.39, 0.29) is 5.43 Å². The van der Waals surface area contributed by atoms with Gasteiger partial charge in [-0.05, 0) is 38.0 Å². The van der Waals surface area contributed by atoms with E-state index in [1.165, 1.54) is 0 Å². The third-order valence-electron chi connectivity index (χ3n) is 3.26. The molecular weight excluding hydrogens is 238 g/mol. The van der Waals surface area contributed by atoms with E-state index in [0.717, 1.165) is 47.2 Å². The zero-order valence-corrected chi connectivity index (χ0v) is 11.9. The lowest BCUT2D eigenvalue weighted by atomic mass is 10.0. The van der Waals surface area contributed by atoms with Crippen LogP contribution >= 0.6 is 0 Å². The first-order valence-electron chi connectivity index (χ1n) is 6.95. The van der Waals surface area contributed by atoms with Crippen molar-refractivity contribution in [2.75, 3.05) is 6.61 Å². The number of ether oxygens (including phenoxy) is 1. The molecule has 3 nitrogen and oxygen atoms in total. The number of aryl methyl sites for hydroxylation is 1. The summed E-state index contributed by atoms with van der Waals surface area (Å²) in [6.45, 7) is 6.80. The number of nitrogens with one attached hydrogen (secondary N) is 1. The lowest BCUT2D eigenvalue weighted by molar-refractivity contribution is 0.318. The number of rotatable bonds is 5. The predicted octanol–water partition coefficient (Wildman–Crippen LogP) is 3.58. The molecule has 2 aromatic rings. The highest BCUT2D eigenvalue weighted by atomic mass is 16.5. The van der Waals surface area contributed by atoms with Crippen molar-refractivity contribution in [2.24, 2.45) is 0 Å². The van der Waals surface area contributed by atoms with Crippen LogP contribution in [0.3, 0.4) is 0 Å². The van der Waals surface area contributed by atoms with Crippen molar-refractivity contribution in [1.29, 1.82) is 0 Å². The normalized spacial score (nSPS) is 10.9. The molecule has 1 aromatic carbocycles. The Morgan fingerprint density at radius 3 is 2.68 bits per heavy atom. The summed E-state index contributed by atoms with van der Waals surface area (Å²) in [5.74, 6) is 0.770. The highest BCUT2D eigenvalue weighted by Crippen LogP contribution is 2.19. The molecule has 1 aromatic heterocycles. The Hall–Kier alpha value is -1.77. The number of fused-ring (bicyclic) bond motifs is 1. The Balaban J connectivity index is 2.54. The van der Waals surface area contributed by atoms with Crippen LogP contribution in [0.25, 0.3) is 10.9 Å². The second kappa shape index (κ2) is 5.91. The van der Waals surface area contributed by atoms with Crippen molar-refractivity contribution in [1.82, 2.24) is 4.98 Å². The van der Waals surface area contributed by atoms with Crippen LogP contribution < -0.4 is 10.2 Å². The van der Waals surface area contributed by atoms with E-state index in [9.17, 15) is 4.79 Å². The molecule has 0 saturated carbocycles. The highest BCUT2D eigenvalue weighted by molar-refractivity contribution is 5.81. The van der Waals surface area contributed by atoms with Crippen molar-refractivity contribution in [3.63, 3.8) is 0 Å². The van der Waals surface area contributed by atoms with Crippen LogP contribution in [-0.4, -0.2) is 11.6 Å². The average Bonchev–Trinajstić information content (AvgIpc) is 2.41. The molecule has 0 fully saturated rings. The van der Waals surface area contributed by atoms with Gasteiger partial charge in [0.25, 0.3) is 0 Å². The maximum absolute atomic E-state index is 12.5. The zero-order chi connectivity index (χ0) is 13.8. The van der Waals surface area contributed by atoms with Crippen molar-refractivity contribution in [3.05, 3.63) is 39.7 Å². The van der Waals surface area contributed by atoms with E-state index in [1.54, 1.807) is 0 Å². The van der Waals surface area contributed by atoms with Gasteiger partial charge in [0.2, 0.25) is 0 Å². The van der Waals surface area contributed by atoms with Crippen LogP contribution in [0.2, 0.25) is 0 Å². The zero-order valence-electron chi connectivity index (χ0n) is 11.9. The summed E-state index contributed by atoms with van der Waals surface area (Å²) in [4.78, 5) is 15.8. The number of pyridine rings is 1. The number of hydrogen-bond acceptors (Lipinski definition) is 2. The molecule has 0 bridgehead atoms. The third kappa shape index (κ3) is 2.80. The van der Waals surface area contributed by atoms with Gasteiger partial charge in [0.05, 0.1) is 6.61 Å². The Bertz CT molecular complexity index is 628. The van der Waals surface area contributed by atoms with Gasteiger partial charge in [-0.1, -0.05) is 20.3 Å².